The van der Waals surface area contributed by atoms with E-state index in [1.165, 1.54) is 5.39 Å². The molecule has 1 N–H and O–H groups in total. The van der Waals surface area contributed by atoms with Crippen molar-refractivity contribution in [1.29, 1.82) is 0 Å². The molecule has 120 valence electrons. The second kappa shape index (κ2) is 6.96. The highest BCUT2D eigenvalue weighted by Crippen LogP contribution is 2.16. The average molecular weight is 318 g/mol. The molecule has 3 aromatic rings. The van der Waals surface area contributed by atoms with Crippen LogP contribution in [0.15, 0.2) is 71.8 Å². The maximum atomic E-state index is 12.2. The second-order valence-electron chi connectivity index (χ2n) is 5.43. The Labute approximate surface area is 140 Å². The lowest BCUT2D eigenvalue weighted by atomic mass is 10.0. The second-order valence-corrected chi connectivity index (χ2v) is 5.43. The Hall–Kier alpha value is -3.14. The molecule has 0 aromatic heterocycles. The van der Waals surface area contributed by atoms with Gasteiger partial charge in [0.05, 0.1) is 12.8 Å². The van der Waals surface area contributed by atoms with Crippen LogP contribution in [-0.2, 0) is 0 Å². The van der Waals surface area contributed by atoms with E-state index < -0.39 is 0 Å². The number of nitrogens with zero attached hydrogens (tertiary/aromatic N) is 1. The molecule has 0 bridgehead atoms. The molecule has 0 aliphatic rings. The molecule has 0 unspecified atom stereocenters. The summed E-state index contributed by atoms with van der Waals surface area (Å²) in [6.45, 7) is 1.87. The lowest BCUT2D eigenvalue weighted by Crippen LogP contribution is -2.19. The van der Waals surface area contributed by atoms with Gasteiger partial charge < -0.3 is 4.74 Å². The fourth-order valence-electron chi connectivity index (χ4n) is 2.44. The van der Waals surface area contributed by atoms with E-state index in [9.17, 15) is 4.79 Å². The highest BCUT2D eigenvalue weighted by molar-refractivity contribution is 6.03. The summed E-state index contributed by atoms with van der Waals surface area (Å²) in [5.41, 5.74) is 4.81. The molecule has 0 atom stereocenters. The summed E-state index contributed by atoms with van der Waals surface area (Å²) < 4.78 is 5.12. The lowest BCUT2D eigenvalue weighted by Gasteiger charge is -2.06. The Morgan fingerprint density at radius 2 is 1.71 bits per heavy atom. The number of carbonyl (C=O) groups is 1. The van der Waals surface area contributed by atoms with Crippen molar-refractivity contribution in [2.75, 3.05) is 7.11 Å². The molecule has 4 heteroatoms. The number of hydrogen-bond donors (Lipinski definition) is 1. The van der Waals surface area contributed by atoms with Crippen LogP contribution in [0, 0.1) is 0 Å². The molecule has 1 amide bonds. The van der Waals surface area contributed by atoms with Crippen molar-refractivity contribution in [3.63, 3.8) is 0 Å². The third-order valence-corrected chi connectivity index (χ3v) is 3.82. The van der Waals surface area contributed by atoms with E-state index in [0.717, 1.165) is 16.7 Å². The van der Waals surface area contributed by atoms with Crippen molar-refractivity contribution >= 4 is 22.4 Å². The van der Waals surface area contributed by atoms with Gasteiger partial charge in [0, 0.05) is 5.56 Å². The maximum Gasteiger partial charge on any atom is 0.271 e. The van der Waals surface area contributed by atoms with Crippen LogP contribution in [-0.4, -0.2) is 18.7 Å². The Morgan fingerprint density at radius 1 is 0.917 bits per heavy atom. The van der Waals surface area contributed by atoms with Gasteiger partial charge >= 0.3 is 0 Å². The number of hydrazone groups is 1. The van der Waals surface area contributed by atoms with Gasteiger partial charge in [-0.25, -0.2) is 5.43 Å². The number of carbonyl (C=O) groups excluding carboxylic acids is 1. The fourth-order valence-corrected chi connectivity index (χ4v) is 2.44. The number of nitrogens with one attached hydrogen (secondary N) is 1. The van der Waals surface area contributed by atoms with Crippen LogP contribution in [0.25, 0.3) is 10.8 Å². The van der Waals surface area contributed by atoms with E-state index in [2.05, 4.69) is 28.7 Å². The summed E-state index contributed by atoms with van der Waals surface area (Å²) in [7, 11) is 1.57. The maximum absolute atomic E-state index is 12.2. The van der Waals surface area contributed by atoms with Gasteiger partial charge in [-0.15, -0.1) is 0 Å². The largest absolute Gasteiger partial charge is 0.497 e. The molecule has 0 aliphatic carbocycles. The predicted octanol–water partition coefficient (Wildman–Crippen LogP) is 4.00. The van der Waals surface area contributed by atoms with Gasteiger partial charge in [-0.3, -0.25) is 4.79 Å². The van der Waals surface area contributed by atoms with Crippen molar-refractivity contribution in [2.24, 2.45) is 5.10 Å². The number of amides is 1. The molecule has 24 heavy (non-hydrogen) atoms. The predicted molar refractivity (Wildman–Crippen MR) is 96.6 cm³/mol. The number of rotatable bonds is 4. The van der Waals surface area contributed by atoms with E-state index >= 15 is 0 Å². The Balaban J connectivity index is 1.78. The highest BCUT2D eigenvalue weighted by atomic mass is 16.5. The van der Waals surface area contributed by atoms with E-state index in [1.807, 2.05) is 31.2 Å². The summed E-state index contributed by atoms with van der Waals surface area (Å²) in [6.07, 6.45) is 0. The van der Waals surface area contributed by atoms with Crippen LogP contribution >= 0.6 is 0 Å². The normalized spacial score (nSPS) is 11.3. The van der Waals surface area contributed by atoms with Crippen LogP contribution in [0.1, 0.15) is 22.8 Å². The summed E-state index contributed by atoms with van der Waals surface area (Å²) in [5.74, 6) is 0.368. The zero-order chi connectivity index (χ0) is 16.9. The van der Waals surface area contributed by atoms with E-state index in [1.54, 1.807) is 31.4 Å². The van der Waals surface area contributed by atoms with Crippen molar-refractivity contribution in [3.05, 3.63) is 77.9 Å². The SMILES string of the molecule is COc1cccc(C(=O)NN=C(C)c2ccc3ccccc3c2)c1. The molecular weight excluding hydrogens is 300 g/mol. The summed E-state index contributed by atoms with van der Waals surface area (Å²) in [4.78, 5) is 12.2. The summed E-state index contributed by atoms with van der Waals surface area (Å²) in [5, 5.41) is 6.53. The number of ether oxygens (including phenoxy) is 1. The van der Waals surface area contributed by atoms with Crippen LogP contribution in [0.3, 0.4) is 0 Å². The quantitative estimate of drug-likeness (QED) is 0.584. The minimum Gasteiger partial charge on any atom is -0.497 e. The van der Waals surface area contributed by atoms with Gasteiger partial charge in [0.15, 0.2) is 0 Å². The first-order chi connectivity index (χ1) is 11.7. The average Bonchev–Trinajstić information content (AvgIpc) is 2.65. The van der Waals surface area contributed by atoms with Crippen LogP contribution in [0.5, 0.6) is 5.75 Å². The topological polar surface area (TPSA) is 50.7 Å². The Morgan fingerprint density at radius 3 is 2.50 bits per heavy atom. The molecule has 0 spiro atoms. The van der Waals surface area contributed by atoms with E-state index in [0.29, 0.717) is 11.3 Å². The first-order valence-electron chi connectivity index (χ1n) is 7.65. The first kappa shape index (κ1) is 15.7. The Bertz CT molecular complexity index is 916. The van der Waals surface area contributed by atoms with E-state index in [4.69, 9.17) is 4.74 Å². The standard InChI is InChI=1S/C20H18N2O2/c1-14(16-11-10-15-6-3-4-7-17(15)12-16)21-22-20(23)18-8-5-9-19(13-18)24-2/h3-13H,1-2H3,(H,22,23). The van der Waals surface area contributed by atoms with Crippen LogP contribution in [0.2, 0.25) is 0 Å². The minimum atomic E-state index is -0.269. The van der Waals surface area contributed by atoms with Crippen molar-refractivity contribution in [1.82, 2.24) is 5.43 Å². The minimum absolute atomic E-state index is 0.269. The third-order valence-electron chi connectivity index (χ3n) is 3.82. The van der Waals surface area contributed by atoms with Gasteiger partial charge in [-0.05, 0) is 47.5 Å². The van der Waals surface area contributed by atoms with Crippen LogP contribution in [0.4, 0.5) is 0 Å². The lowest BCUT2D eigenvalue weighted by molar-refractivity contribution is 0.0954. The number of hydrogen-bond acceptors (Lipinski definition) is 3. The van der Waals surface area contributed by atoms with Gasteiger partial charge in [0.2, 0.25) is 0 Å². The molecule has 0 saturated carbocycles. The van der Waals surface area contributed by atoms with E-state index in [-0.39, 0.29) is 5.91 Å². The molecular formula is C20H18N2O2. The first-order valence-corrected chi connectivity index (χ1v) is 7.65. The van der Waals surface area contributed by atoms with Gasteiger partial charge in [0.25, 0.3) is 5.91 Å². The molecule has 0 aliphatic heterocycles. The molecule has 3 aromatic carbocycles. The molecule has 0 saturated heterocycles. The van der Waals surface area contributed by atoms with Gasteiger partial charge in [-0.2, -0.15) is 5.10 Å². The van der Waals surface area contributed by atoms with Crippen LogP contribution < -0.4 is 10.2 Å². The number of benzene rings is 3. The molecule has 0 radical (unpaired) electrons. The molecule has 0 heterocycles. The molecule has 3 rings (SSSR count). The molecule has 4 nitrogen and oxygen atoms in total. The monoisotopic (exact) mass is 318 g/mol. The zero-order valence-corrected chi connectivity index (χ0v) is 13.6. The van der Waals surface area contributed by atoms with Gasteiger partial charge in [0.1, 0.15) is 5.75 Å². The summed E-state index contributed by atoms with van der Waals surface area (Å²) >= 11 is 0. The van der Waals surface area contributed by atoms with Crippen molar-refractivity contribution in [3.8, 4) is 5.75 Å². The van der Waals surface area contributed by atoms with Crippen molar-refractivity contribution < 1.29 is 9.53 Å². The summed E-state index contributed by atoms with van der Waals surface area (Å²) in [6, 6.07) is 21.2. The zero-order valence-electron chi connectivity index (χ0n) is 13.6. The number of methoxy groups -OCH3 is 1. The smallest absolute Gasteiger partial charge is 0.271 e. The number of fused-ring (bicyclic) bond motifs is 1. The van der Waals surface area contributed by atoms with Gasteiger partial charge in [-0.1, -0.05) is 42.5 Å². The third kappa shape index (κ3) is 3.43. The molecule has 0 fully saturated rings. The Kier molecular flexibility index (Phi) is 4.57. The fraction of sp³-hybridized carbons (Fsp3) is 0.100. The highest BCUT2D eigenvalue weighted by Gasteiger charge is 2.06. The van der Waals surface area contributed by atoms with Crippen molar-refractivity contribution in [2.45, 2.75) is 6.92 Å².